The van der Waals surface area contributed by atoms with Crippen molar-refractivity contribution in [3.63, 3.8) is 0 Å². The molecule has 4 heteroatoms. The minimum absolute atomic E-state index is 0.924. The molecule has 0 saturated carbocycles. The van der Waals surface area contributed by atoms with E-state index in [9.17, 15) is 0 Å². The van der Waals surface area contributed by atoms with Crippen LogP contribution in [0.15, 0.2) is 0 Å². The highest BCUT2D eigenvalue weighted by atomic mass is 28.4. The predicted molar refractivity (Wildman–Crippen MR) is 56.0 cm³/mol. The Hall–Kier alpha value is 0.354. The molecule has 72 valence electrons. The number of hydrogen-bond donors (Lipinski definition) is 0. The van der Waals surface area contributed by atoms with Gasteiger partial charge in [0.2, 0.25) is 0 Å². The molecule has 2 nitrogen and oxygen atoms in total. The van der Waals surface area contributed by atoms with Gasteiger partial charge in [0.15, 0.2) is 8.32 Å². The summed E-state index contributed by atoms with van der Waals surface area (Å²) in [5.41, 5.74) is 0. The zero-order valence-electron chi connectivity index (χ0n) is 8.64. The second kappa shape index (κ2) is 3.61. The molecule has 0 amide bonds. The van der Waals surface area contributed by atoms with Crippen molar-refractivity contribution in [2.24, 2.45) is 0 Å². The van der Waals surface area contributed by atoms with Crippen molar-refractivity contribution < 1.29 is 8.54 Å². The fourth-order valence-corrected chi connectivity index (χ4v) is 9.07. The predicted octanol–water partition coefficient (Wildman–Crippen LogP) is 2.72. The van der Waals surface area contributed by atoms with Crippen molar-refractivity contribution >= 4 is 16.9 Å². The standard InChI is InChI=1S/C8H20O2Si2/c1-11(2,3)10-12(4)8-6-5-7-9-12/h5-8H2,1-4H3. The van der Waals surface area contributed by atoms with Gasteiger partial charge in [-0.3, -0.25) is 0 Å². The van der Waals surface area contributed by atoms with Gasteiger partial charge in [-0.05, 0) is 45.1 Å². The highest BCUT2D eigenvalue weighted by Crippen LogP contribution is 2.25. The minimum Gasteiger partial charge on any atom is -0.436 e. The van der Waals surface area contributed by atoms with E-state index in [1.54, 1.807) is 0 Å². The molecule has 0 aromatic heterocycles. The third kappa shape index (κ3) is 3.39. The van der Waals surface area contributed by atoms with Gasteiger partial charge < -0.3 is 8.54 Å². The van der Waals surface area contributed by atoms with Crippen LogP contribution in [0, 0.1) is 0 Å². The molecule has 0 N–H and O–H groups in total. The smallest absolute Gasteiger partial charge is 0.324 e. The maximum absolute atomic E-state index is 6.12. The normalized spacial score (nSPS) is 32.0. The molecular formula is C8H20O2Si2. The quantitative estimate of drug-likeness (QED) is 0.644. The van der Waals surface area contributed by atoms with Crippen LogP contribution in [0.2, 0.25) is 32.2 Å². The maximum Gasteiger partial charge on any atom is 0.324 e. The summed E-state index contributed by atoms with van der Waals surface area (Å²) in [4.78, 5) is 0. The molecule has 0 bridgehead atoms. The Kier molecular flexibility index (Phi) is 3.14. The summed E-state index contributed by atoms with van der Waals surface area (Å²) in [7, 11) is -3.09. The van der Waals surface area contributed by atoms with Crippen LogP contribution in [0.4, 0.5) is 0 Å². The molecule has 0 spiro atoms. The lowest BCUT2D eigenvalue weighted by atomic mass is 10.4. The van der Waals surface area contributed by atoms with Gasteiger partial charge in [-0.2, -0.15) is 0 Å². The van der Waals surface area contributed by atoms with Crippen LogP contribution in [0.3, 0.4) is 0 Å². The Bertz CT molecular complexity index is 148. The first-order chi connectivity index (χ1) is 5.41. The largest absolute Gasteiger partial charge is 0.436 e. The SMILES string of the molecule is C[Si](C)(C)O[Si]1(C)CCCCO1. The molecule has 1 heterocycles. The maximum atomic E-state index is 6.12. The van der Waals surface area contributed by atoms with Gasteiger partial charge in [0.05, 0.1) is 0 Å². The van der Waals surface area contributed by atoms with E-state index in [0.717, 1.165) is 6.61 Å². The lowest BCUT2D eigenvalue weighted by molar-refractivity contribution is 0.212. The topological polar surface area (TPSA) is 18.5 Å². The molecule has 1 aliphatic rings. The van der Waals surface area contributed by atoms with Crippen molar-refractivity contribution in [2.45, 2.75) is 45.1 Å². The van der Waals surface area contributed by atoms with Gasteiger partial charge >= 0.3 is 8.56 Å². The fourth-order valence-electron chi connectivity index (χ4n) is 1.64. The lowest BCUT2D eigenvalue weighted by Crippen LogP contribution is -2.48. The summed E-state index contributed by atoms with van der Waals surface area (Å²) in [6.45, 7) is 9.85. The van der Waals surface area contributed by atoms with Crippen molar-refractivity contribution in [3.05, 3.63) is 0 Å². The van der Waals surface area contributed by atoms with E-state index in [0.29, 0.717) is 0 Å². The van der Waals surface area contributed by atoms with E-state index in [2.05, 4.69) is 26.2 Å². The van der Waals surface area contributed by atoms with Gasteiger partial charge in [0, 0.05) is 6.61 Å². The van der Waals surface area contributed by atoms with Gasteiger partial charge in [-0.25, -0.2) is 0 Å². The van der Waals surface area contributed by atoms with Gasteiger partial charge in [-0.1, -0.05) is 0 Å². The van der Waals surface area contributed by atoms with Crippen LogP contribution in [-0.2, 0) is 8.54 Å². The van der Waals surface area contributed by atoms with Crippen LogP contribution in [-0.4, -0.2) is 23.5 Å². The molecule has 1 saturated heterocycles. The van der Waals surface area contributed by atoms with E-state index >= 15 is 0 Å². The molecule has 1 fully saturated rings. The van der Waals surface area contributed by atoms with Crippen LogP contribution in [0.5, 0.6) is 0 Å². The van der Waals surface area contributed by atoms with Gasteiger partial charge in [0.25, 0.3) is 0 Å². The van der Waals surface area contributed by atoms with E-state index in [1.165, 1.54) is 18.9 Å². The van der Waals surface area contributed by atoms with Crippen molar-refractivity contribution in [1.29, 1.82) is 0 Å². The van der Waals surface area contributed by atoms with Crippen molar-refractivity contribution in [2.75, 3.05) is 6.61 Å². The Labute approximate surface area is 77.6 Å². The van der Waals surface area contributed by atoms with Crippen LogP contribution in [0.25, 0.3) is 0 Å². The molecule has 1 rings (SSSR count). The summed E-state index contributed by atoms with van der Waals surface area (Å²) < 4.78 is 11.9. The lowest BCUT2D eigenvalue weighted by Gasteiger charge is -2.36. The molecule has 1 unspecified atom stereocenters. The molecule has 1 aliphatic heterocycles. The summed E-state index contributed by atoms with van der Waals surface area (Å²) in [5.74, 6) is 0. The number of rotatable bonds is 2. The average Bonchev–Trinajstić information content (AvgIpc) is 1.83. The van der Waals surface area contributed by atoms with E-state index < -0.39 is 16.9 Å². The Morgan fingerprint density at radius 1 is 1.25 bits per heavy atom. The van der Waals surface area contributed by atoms with Crippen LogP contribution >= 0.6 is 0 Å². The summed E-state index contributed by atoms with van der Waals surface area (Å²) in [6, 6.07) is 1.19. The first kappa shape index (κ1) is 10.4. The van der Waals surface area contributed by atoms with E-state index in [1.807, 2.05) is 0 Å². The summed E-state index contributed by atoms with van der Waals surface area (Å²) in [5, 5.41) is 0. The molecule has 0 aromatic carbocycles. The van der Waals surface area contributed by atoms with Crippen molar-refractivity contribution in [1.82, 2.24) is 0 Å². The Balaban J connectivity index is 2.47. The molecule has 1 atom stereocenters. The second-order valence-corrected chi connectivity index (χ2v) is 12.8. The van der Waals surface area contributed by atoms with Gasteiger partial charge in [-0.15, -0.1) is 0 Å². The first-order valence-corrected chi connectivity index (χ1v) is 10.7. The molecule has 0 radical (unpaired) electrons. The fraction of sp³-hybridized carbons (Fsp3) is 1.00. The zero-order valence-corrected chi connectivity index (χ0v) is 10.6. The third-order valence-electron chi connectivity index (χ3n) is 1.95. The Morgan fingerprint density at radius 3 is 2.33 bits per heavy atom. The number of hydrogen-bond acceptors (Lipinski definition) is 2. The molecule has 0 aliphatic carbocycles. The highest BCUT2D eigenvalue weighted by Gasteiger charge is 2.37. The second-order valence-electron chi connectivity index (χ2n) is 4.65. The zero-order chi connectivity index (χ0) is 9.24. The average molecular weight is 204 g/mol. The summed E-state index contributed by atoms with van der Waals surface area (Å²) in [6.07, 6.45) is 2.52. The summed E-state index contributed by atoms with van der Waals surface area (Å²) >= 11 is 0. The van der Waals surface area contributed by atoms with Crippen molar-refractivity contribution in [3.8, 4) is 0 Å². The monoisotopic (exact) mass is 204 g/mol. The van der Waals surface area contributed by atoms with E-state index in [4.69, 9.17) is 8.54 Å². The Morgan fingerprint density at radius 2 is 1.92 bits per heavy atom. The highest BCUT2D eigenvalue weighted by molar-refractivity contribution is 6.81. The molecule has 0 aromatic rings. The van der Waals surface area contributed by atoms with Crippen LogP contribution < -0.4 is 0 Å². The van der Waals surface area contributed by atoms with Crippen LogP contribution in [0.1, 0.15) is 12.8 Å². The van der Waals surface area contributed by atoms with E-state index in [-0.39, 0.29) is 0 Å². The minimum atomic E-state index is -1.71. The molecule has 12 heavy (non-hydrogen) atoms. The first-order valence-electron chi connectivity index (χ1n) is 4.75. The molecular weight excluding hydrogens is 184 g/mol. The van der Waals surface area contributed by atoms with Gasteiger partial charge in [0.1, 0.15) is 0 Å². The third-order valence-corrected chi connectivity index (χ3v) is 8.21.